The first-order valence-electron chi connectivity index (χ1n) is 8.99. The predicted octanol–water partition coefficient (Wildman–Crippen LogP) is 4.34. The van der Waals surface area contributed by atoms with E-state index in [1.807, 2.05) is 55.5 Å². The fraction of sp³-hybridized carbons (Fsp3) is 0.143. The number of H-pyrrole nitrogens is 1. The van der Waals surface area contributed by atoms with Crippen LogP contribution in [0.1, 0.15) is 33.6 Å². The van der Waals surface area contributed by atoms with Crippen LogP contribution in [0.3, 0.4) is 0 Å². The molecular weight excluding hydrogens is 356 g/mol. The number of amides is 1. The highest BCUT2D eigenvalue weighted by atomic mass is 16.3. The quantitative estimate of drug-likeness (QED) is 0.555. The van der Waals surface area contributed by atoms with Crippen LogP contribution in [0.15, 0.2) is 69.8 Å². The summed E-state index contributed by atoms with van der Waals surface area (Å²) < 4.78 is 11.3. The Labute approximate surface area is 161 Å². The average molecular weight is 374 g/mol. The van der Waals surface area contributed by atoms with Crippen molar-refractivity contribution in [1.82, 2.24) is 15.1 Å². The van der Waals surface area contributed by atoms with Gasteiger partial charge < -0.3 is 19.1 Å². The van der Waals surface area contributed by atoms with Gasteiger partial charge in [-0.2, -0.15) is 5.10 Å². The van der Waals surface area contributed by atoms with E-state index in [2.05, 4.69) is 15.5 Å². The summed E-state index contributed by atoms with van der Waals surface area (Å²) in [6.45, 7) is 2.22. The lowest BCUT2D eigenvalue weighted by molar-refractivity contribution is 0.0652. The maximum absolute atomic E-state index is 13.3. The summed E-state index contributed by atoms with van der Waals surface area (Å²) in [5.74, 6) is 2.12. The number of nitrogens with one attached hydrogen (secondary N) is 2. The van der Waals surface area contributed by atoms with Gasteiger partial charge in [0.15, 0.2) is 5.76 Å². The highest BCUT2D eigenvalue weighted by molar-refractivity contribution is 6.01. The Bertz CT molecular complexity index is 1130. The number of carbonyl (C=O) groups is 1. The van der Waals surface area contributed by atoms with E-state index in [0.717, 1.165) is 22.7 Å². The van der Waals surface area contributed by atoms with Crippen molar-refractivity contribution in [2.24, 2.45) is 0 Å². The number of benzene rings is 1. The molecular formula is C21H18N4O3. The monoisotopic (exact) mass is 374 g/mol. The fourth-order valence-electron chi connectivity index (χ4n) is 3.54. The topological polar surface area (TPSA) is 87.3 Å². The third kappa shape index (κ3) is 2.68. The number of hydrogen-bond acceptors (Lipinski definition) is 5. The number of fused-ring (bicyclic) bond motifs is 1. The minimum atomic E-state index is -0.424. The number of para-hydroxylation sites is 1. The lowest BCUT2D eigenvalue weighted by atomic mass is 10.0. The van der Waals surface area contributed by atoms with Gasteiger partial charge in [0.2, 0.25) is 0 Å². The Morgan fingerprint density at radius 2 is 2.04 bits per heavy atom. The number of carbonyl (C=O) groups excluding carboxylic acids is 1. The Hall–Kier alpha value is -3.74. The maximum Gasteiger partial charge on any atom is 0.258 e. The molecule has 3 aromatic heterocycles. The summed E-state index contributed by atoms with van der Waals surface area (Å²) in [6, 6.07) is 15.0. The van der Waals surface area contributed by atoms with Crippen LogP contribution in [-0.2, 0) is 6.54 Å². The fourth-order valence-corrected chi connectivity index (χ4v) is 3.54. The second kappa shape index (κ2) is 6.45. The van der Waals surface area contributed by atoms with Gasteiger partial charge in [0.25, 0.3) is 5.91 Å². The SMILES string of the molecule is Cc1ccc(-c2[nH]ncc2C2Nc3ccccc3C(=O)N2Cc2ccco2)o1. The van der Waals surface area contributed by atoms with E-state index in [0.29, 0.717) is 23.6 Å². The van der Waals surface area contributed by atoms with Crippen molar-refractivity contribution in [2.75, 3.05) is 5.32 Å². The Morgan fingerprint density at radius 1 is 1.14 bits per heavy atom. The summed E-state index contributed by atoms with van der Waals surface area (Å²) >= 11 is 0. The predicted molar refractivity (Wildman–Crippen MR) is 102 cm³/mol. The van der Waals surface area contributed by atoms with Gasteiger partial charge in [-0.15, -0.1) is 0 Å². The van der Waals surface area contributed by atoms with Gasteiger partial charge in [0.05, 0.1) is 24.6 Å². The van der Waals surface area contributed by atoms with Crippen molar-refractivity contribution >= 4 is 11.6 Å². The number of aryl methyl sites for hydroxylation is 1. The number of furan rings is 2. The van der Waals surface area contributed by atoms with E-state index in [1.165, 1.54) is 0 Å². The van der Waals surface area contributed by atoms with Crippen molar-refractivity contribution in [1.29, 1.82) is 0 Å². The minimum Gasteiger partial charge on any atom is -0.467 e. The van der Waals surface area contributed by atoms with Crippen molar-refractivity contribution in [3.8, 4) is 11.5 Å². The lowest BCUT2D eigenvalue weighted by Crippen LogP contribution is -2.42. The van der Waals surface area contributed by atoms with E-state index in [1.54, 1.807) is 17.4 Å². The van der Waals surface area contributed by atoms with Crippen LogP contribution >= 0.6 is 0 Å². The highest BCUT2D eigenvalue weighted by Crippen LogP contribution is 2.37. The summed E-state index contributed by atoms with van der Waals surface area (Å²) in [6.07, 6.45) is 2.91. The van der Waals surface area contributed by atoms with Crippen molar-refractivity contribution < 1.29 is 13.6 Å². The normalized spacial score (nSPS) is 16.1. The number of anilines is 1. The highest BCUT2D eigenvalue weighted by Gasteiger charge is 2.35. The molecule has 0 saturated heterocycles. The molecule has 0 aliphatic carbocycles. The second-order valence-electron chi connectivity index (χ2n) is 6.72. The zero-order valence-corrected chi connectivity index (χ0v) is 15.2. The first-order chi connectivity index (χ1) is 13.7. The van der Waals surface area contributed by atoms with E-state index in [-0.39, 0.29) is 5.91 Å². The number of aromatic nitrogens is 2. The van der Waals surface area contributed by atoms with Crippen LogP contribution in [0.5, 0.6) is 0 Å². The third-order valence-electron chi connectivity index (χ3n) is 4.88. The van der Waals surface area contributed by atoms with Crippen LogP contribution in [0.25, 0.3) is 11.5 Å². The molecule has 28 heavy (non-hydrogen) atoms. The average Bonchev–Trinajstić information content (AvgIpc) is 3.45. The van der Waals surface area contributed by atoms with Crippen LogP contribution in [0.4, 0.5) is 5.69 Å². The first-order valence-corrected chi connectivity index (χ1v) is 8.99. The summed E-state index contributed by atoms with van der Waals surface area (Å²) in [4.78, 5) is 15.0. The Balaban J connectivity index is 1.60. The molecule has 1 atom stereocenters. The number of hydrogen-bond donors (Lipinski definition) is 2. The zero-order valence-electron chi connectivity index (χ0n) is 15.2. The number of aromatic amines is 1. The molecule has 1 unspecified atom stereocenters. The minimum absolute atomic E-state index is 0.0708. The molecule has 4 heterocycles. The van der Waals surface area contributed by atoms with Gasteiger partial charge in [-0.1, -0.05) is 12.1 Å². The molecule has 1 aliphatic heterocycles. The first kappa shape index (κ1) is 16.4. The van der Waals surface area contributed by atoms with Gasteiger partial charge in [-0.05, 0) is 43.3 Å². The van der Waals surface area contributed by atoms with Crippen molar-refractivity contribution in [2.45, 2.75) is 19.6 Å². The summed E-state index contributed by atoms with van der Waals surface area (Å²) in [5.41, 5.74) is 2.98. The Morgan fingerprint density at radius 3 is 2.82 bits per heavy atom. The molecule has 0 radical (unpaired) electrons. The van der Waals surface area contributed by atoms with E-state index in [4.69, 9.17) is 8.83 Å². The molecule has 2 N–H and O–H groups in total. The molecule has 1 aliphatic rings. The number of rotatable bonds is 4. The van der Waals surface area contributed by atoms with Crippen molar-refractivity contribution in [3.05, 3.63) is 83.6 Å². The molecule has 7 nitrogen and oxygen atoms in total. The van der Waals surface area contributed by atoms with Crippen LogP contribution < -0.4 is 5.32 Å². The van der Waals surface area contributed by atoms with E-state index in [9.17, 15) is 4.79 Å². The van der Waals surface area contributed by atoms with E-state index < -0.39 is 6.17 Å². The van der Waals surface area contributed by atoms with E-state index >= 15 is 0 Å². The largest absolute Gasteiger partial charge is 0.467 e. The van der Waals surface area contributed by atoms with Gasteiger partial charge in [0.1, 0.15) is 23.4 Å². The lowest BCUT2D eigenvalue weighted by Gasteiger charge is -2.37. The Kier molecular flexibility index (Phi) is 3.79. The molecule has 140 valence electrons. The van der Waals surface area contributed by atoms with Crippen LogP contribution in [0.2, 0.25) is 0 Å². The second-order valence-corrected chi connectivity index (χ2v) is 6.72. The smallest absolute Gasteiger partial charge is 0.258 e. The maximum atomic E-state index is 13.3. The molecule has 5 rings (SSSR count). The summed E-state index contributed by atoms with van der Waals surface area (Å²) in [7, 11) is 0. The van der Waals surface area contributed by atoms with Crippen LogP contribution in [-0.4, -0.2) is 21.0 Å². The zero-order chi connectivity index (χ0) is 19.1. The molecule has 1 amide bonds. The molecule has 7 heteroatoms. The standard InChI is InChI=1S/C21H18N4O3/c1-13-8-9-18(28-13)19-16(11-22-24-19)20-23-17-7-3-2-6-15(17)21(26)25(20)12-14-5-4-10-27-14/h2-11,20,23H,12H2,1H3,(H,22,24). The molecule has 0 bridgehead atoms. The summed E-state index contributed by atoms with van der Waals surface area (Å²) in [5, 5.41) is 10.7. The molecule has 1 aromatic carbocycles. The van der Waals surface area contributed by atoms with Gasteiger partial charge >= 0.3 is 0 Å². The number of nitrogens with zero attached hydrogens (tertiary/aromatic N) is 2. The van der Waals surface area contributed by atoms with Gasteiger partial charge in [-0.3, -0.25) is 9.89 Å². The molecule has 0 fully saturated rings. The van der Waals surface area contributed by atoms with Crippen molar-refractivity contribution in [3.63, 3.8) is 0 Å². The molecule has 0 saturated carbocycles. The van der Waals surface area contributed by atoms with Gasteiger partial charge in [-0.25, -0.2) is 0 Å². The molecule has 0 spiro atoms. The molecule has 4 aromatic rings. The third-order valence-corrected chi connectivity index (χ3v) is 4.88. The van der Waals surface area contributed by atoms with Crippen LogP contribution in [0, 0.1) is 6.92 Å². The van der Waals surface area contributed by atoms with Gasteiger partial charge in [0, 0.05) is 11.3 Å².